The van der Waals surface area contributed by atoms with E-state index in [0.29, 0.717) is 66.0 Å². The van der Waals surface area contributed by atoms with Crippen LogP contribution in [0.5, 0.6) is 5.75 Å². The summed E-state index contributed by atoms with van der Waals surface area (Å²) in [6.07, 6.45) is 1.80. The molecule has 3 aliphatic rings. The lowest BCUT2D eigenvalue weighted by Crippen LogP contribution is -2.61. The van der Waals surface area contributed by atoms with Crippen molar-refractivity contribution < 1.29 is 14.3 Å². The van der Waals surface area contributed by atoms with E-state index >= 15 is 4.79 Å². The Kier molecular flexibility index (Phi) is 11.8. The number of amides is 4. The van der Waals surface area contributed by atoms with Gasteiger partial charge < -0.3 is 19.9 Å². The van der Waals surface area contributed by atoms with Crippen molar-refractivity contribution in [3.8, 4) is 11.8 Å². The second kappa shape index (κ2) is 16.0. The number of benzene rings is 3. The van der Waals surface area contributed by atoms with Crippen LogP contribution in [0.3, 0.4) is 0 Å². The SMILES string of the molecule is CCOc1cc(C(C)(C)C#N)ccc1C1=N[C@@](C)(c2ccc(Cl)cc2)[C@@](C)(c2ccc(Cl)cc2)N1C(=O)N1CCN(C2CCN(C(=O)NC(C)C)CC2)CC1. The van der Waals surface area contributed by atoms with E-state index in [4.69, 9.17) is 32.9 Å². The van der Waals surface area contributed by atoms with Crippen molar-refractivity contribution >= 4 is 41.1 Å². The number of hydrogen-bond acceptors (Lipinski definition) is 6. The second-order valence-electron chi connectivity index (χ2n) is 15.9. The molecular weight excluding hydrogens is 733 g/mol. The Morgan fingerprint density at radius 2 is 1.49 bits per heavy atom. The smallest absolute Gasteiger partial charge is 0.326 e. The standard InChI is InChI=1S/C43H53Cl2N7O3/c1-8-55-37-27-32(41(4,5)28-46)13-18-36(37)38-48-42(6,30-9-14-33(44)15-10-30)43(7,31-11-16-34(45)17-12-31)52(38)40(54)51-25-23-49(24-26-51)35-19-21-50(22-20-35)39(53)47-29(2)3/h9-18,27,29,35H,8,19-26H2,1-7H3,(H,47,53)/t42-,43+/m0/s1. The summed E-state index contributed by atoms with van der Waals surface area (Å²) in [5.41, 5.74) is 0.451. The van der Waals surface area contributed by atoms with Gasteiger partial charge in [-0.25, -0.2) is 9.59 Å². The molecule has 0 radical (unpaired) electrons. The molecule has 0 aromatic heterocycles. The van der Waals surface area contributed by atoms with Crippen molar-refractivity contribution in [2.24, 2.45) is 4.99 Å². The summed E-state index contributed by atoms with van der Waals surface area (Å²) in [5, 5.41) is 14.2. The van der Waals surface area contributed by atoms with Crippen molar-refractivity contribution in [1.82, 2.24) is 24.9 Å². The minimum absolute atomic E-state index is 0.00260. The summed E-state index contributed by atoms with van der Waals surface area (Å²) in [7, 11) is 0. The molecule has 3 heterocycles. The zero-order valence-corrected chi connectivity index (χ0v) is 34.5. The molecule has 2 saturated heterocycles. The molecule has 2 fully saturated rings. The number of nitrogens with zero attached hydrogens (tertiary/aromatic N) is 6. The molecule has 0 spiro atoms. The Morgan fingerprint density at radius 3 is 2.04 bits per heavy atom. The van der Waals surface area contributed by atoms with Gasteiger partial charge in [-0.1, -0.05) is 53.5 Å². The van der Waals surface area contributed by atoms with E-state index in [1.807, 2.05) is 116 Å². The molecule has 0 saturated carbocycles. The number of aliphatic imine (C=N–C) groups is 1. The van der Waals surface area contributed by atoms with Crippen LogP contribution in [-0.4, -0.2) is 95.5 Å². The minimum Gasteiger partial charge on any atom is -0.493 e. The molecule has 1 N–H and O–H groups in total. The fraction of sp³-hybridized carbons (Fsp3) is 0.488. The number of amidine groups is 1. The van der Waals surface area contributed by atoms with Crippen LogP contribution in [0.15, 0.2) is 71.7 Å². The van der Waals surface area contributed by atoms with E-state index in [0.717, 1.165) is 42.6 Å². The van der Waals surface area contributed by atoms with Crippen LogP contribution in [0.4, 0.5) is 9.59 Å². The maximum Gasteiger partial charge on any atom is 0.326 e. The fourth-order valence-electron chi connectivity index (χ4n) is 8.19. The highest BCUT2D eigenvalue weighted by atomic mass is 35.5. The van der Waals surface area contributed by atoms with E-state index < -0.39 is 16.5 Å². The van der Waals surface area contributed by atoms with Crippen LogP contribution in [0.2, 0.25) is 10.0 Å². The molecule has 3 aromatic carbocycles. The maximum atomic E-state index is 15.4. The van der Waals surface area contributed by atoms with Gasteiger partial charge in [-0.3, -0.25) is 14.8 Å². The van der Waals surface area contributed by atoms with E-state index in [-0.39, 0.29) is 18.1 Å². The van der Waals surface area contributed by atoms with E-state index in [2.05, 4.69) is 30.1 Å². The number of carbonyl (C=O) groups is 2. The van der Waals surface area contributed by atoms with E-state index in [1.165, 1.54) is 0 Å². The van der Waals surface area contributed by atoms with Crippen molar-refractivity contribution in [3.63, 3.8) is 0 Å². The molecule has 0 bridgehead atoms. The number of piperazine rings is 1. The number of halogens is 2. The summed E-state index contributed by atoms with van der Waals surface area (Å²) in [6.45, 7) is 18.1. The summed E-state index contributed by atoms with van der Waals surface area (Å²) >= 11 is 12.9. The molecule has 3 aromatic rings. The zero-order valence-electron chi connectivity index (χ0n) is 33.0. The van der Waals surface area contributed by atoms with Gasteiger partial charge in [0.25, 0.3) is 0 Å². The van der Waals surface area contributed by atoms with Gasteiger partial charge in [0.05, 0.1) is 23.7 Å². The topological polar surface area (TPSA) is 105 Å². The van der Waals surface area contributed by atoms with Crippen LogP contribution in [0.25, 0.3) is 0 Å². The first-order valence-electron chi connectivity index (χ1n) is 19.3. The van der Waals surface area contributed by atoms with Crippen molar-refractivity contribution in [1.29, 1.82) is 5.26 Å². The molecule has 12 heteroatoms. The number of urea groups is 2. The molecule has 0 unspecified atom stereocenters. The molecule has 55 heavy (non-hydrogen) atoms. The number of piperidine rings is 1. The number of nitriles is 1. The van der Waals surface area contributed by atoms with Gasteiger partial charge in [-0.05, 0) is 114 Å². The highest BCUT2D eigenvalue weighted by Crippen LogP contribution is 2.54. The third-order valence-corrected chi connectivity index (χ3v) is 12.2. The Hall–Kier alpha value is -4.30. The maximum absolute atomic E-state index is 15.4. The van der Waals surface area contributed by atoms with Crippen LogP contribution in [0, 0.1) is 11.3 Å². The Labute approximate surface area is 336 Å². The van der Waals surface area contributed by atoms with Gasteiger partial charge in [0.15, 0.2) is 0 Å². The fourth-order valence-corrected chi connectivity index (χ4v) is 8.45. The first-order chi connectivity index (χ1) is 26.1. The molecule has 2 atom stereocenters. The third-order valence-electron chi connectivity index (χ3n) is 11.7. The van der Waals surface area contributed by atoms with Crippen molar-refractivity contribution in [2.75, 3.05) is 45.9 Å². The highest BCUT2D eigenvalue weighted by molar-refractivity contribution is 6.30. The first kappa shape index (κ1) is 40.4. The van der Waals surface area contributed by atoms with Crippen molar-refractivity contribution in [3.05, 3.63) is 99.0 Å². The average molecular weight is 787 g/mol. The summed E-state index contributed by atoms with van der Waals surface area (Å²) in [4.78, 5) is 41.8. The molecule has 10 nitrogen and oxygen atoms in total. The van der Waals surface area contributed by atoms with Crippen LogP contribution in [0.1, 0.15) is 83.6 Å². The second-order valence-corrected chi connectivity index (χ2v) is 16.8. The molecular formula is C43H53Cl2N7O3. The monoisotopic (exact) mass is 785 g/mol. The Morgan fingerprint density at radius 1 is 0.909 bits per heavy atom. The van der Waals surface area contributed by atoms with Crippen LogP contribution < -0.4 is 10.1 Å². The number of likely N-dealkylation sites (tertiary alicyclic amines) is 1. The van der Waals surface area contributed by atoms with E-state index in [9.17, 15) is 10.1 Å². The Balaban J connectivity index is 1.39. The first-order valence-corrected chi connectivity index (χ1v) is 20.1. The normalized spacial score (nSPS) is 22.4. The van der Waals surface area contributed by atoms with Crippen LogP contribution in [-0.2, 0) is 16.5 Å². The van der Waals surface area contributed by atoms with Gasteiger partial charge >= 0.3 is 12.1 Å². The predicted molar refractivity (Wildman–Crippen MR) is 219 cm³/mol. The van der Waals surface area contributed by atoms with Crippen LogP contribution >= 0.6 is 23.2 Å². The summed E-state index contributed by atoms with van der Waals surface area (Å²) in [6, 6.07) is 23.8. The van der Waals surface area contributed by atoms with Gasteiger partial charge in [-0.15, -0.1) is 0 Å². The lowest BCUT2D eigenvalue weighted by molar-refractivity contribution is 0.0580. The van der Waals surface area contributed by atoms with Gasteiger partial charge in [0.1, 0.15) is 22.7 Å². The number of rotatable bonds is 8. The number of ether oxygens (including phenoxy) is 1. The van der Waals surface area contributed by atoms with Crippen molar-refractivity contribution in [2.45, 2.75) is 89.9 Å². The number of nitrogens with one attached hydrogen (secondary N) is 1. The largest absolute Gasteiger partial charge is 0.493 e. The number of hydrogen-bond donors (Lipinski definition) is 1. The van der Waals surface area contributed by atoms with Gasteiger partial charge in [-0.2, -0.15) is 5.26 Å². The minimum atomic E-state index is -1.04. The van der Waals surface area contributed by atoms with Gasteiger partial charge in [0, 0.05) is 61.4 Å². The predicted octanol–water partition coefficient (Wildman–Crippen LogP) is 8.41. The lowest BCUT2D eigenvalue weighted by atomic mass is 9.71. The molecule has 4 amide bonds. The summed E-state index contributed by atoms with van der Waals surface area (Å²) < 4.78 is 6.29. The quantitative estimate of drug-likeness (QED) is 0.247. The molecule has 3 aliphatic heterocycles. The molecule has 292 valence electrons. The molecule has 6 rings (SSSR count). The molecule has 0 aliphatic carbocycles. The summed E-state index contributed by atoms with van der Waals surface area (Å²) in [5.74, 6) is 1.04. The Bertz CT molecular complexity index is 1950. The average Bonchev–Trinajstić information content (AvgIpc) is 3.42. The van der Waals surface area contributed by atoms with Gasteiger partial charge in [0.2, 0.25) is 0 Å². The highest BCUT2D eigenvalue weighted by Gasteiger charge is 2.60. The number of carbonyl (C=O) groups excluding carboxylic acids is 2. The lowest BCUT2D eigenvalue weighted by Gasteiger charge is -2.48. The van der Waals surface area contributed by atoms with E-state index in [1.54, 1.807) is 0 Å². The third kappa shape index (κ3) is 7.76. The zero-order chi connectivity index (χ0) is 39.7.